The molecule has 1 aliphatic rings. The molecule has 0 bridgehead atoms. The third-order valence-electron chi connectivity index (χ3n) is 5.26. The van der Waals surface area contributed by atoms with Crippen LogP contribution in [0, 0.1) is 11.3 Å². The molecule has 0 aromatic carbocycles. The number of hydrogen-bond donors (Lipinski definition) is 0. The summed E-state index contributed by atoms with van der Waals surface area (Å²) in [4.78, 5) is 2.83. The molecule has 0 aliphatic carbocycles. The van der Waals surface area contributed by atoms with Gasteiger partial charge in [0.15, 0.2) is 0 Å². The normalized spacial score (nSPS) is 32.4. The Balaban J connectivity index is 3.25. The van der Waals surface area contributed by atoms with E-state index in [0.29, 0.717) is 11.0 Å². The molecule has 1 saturated heterocycles. The average molecular weight is 282 g/mol. The van der Waals surface area contributed by atoms with E-state index in [1.807, 2.05) is 0 Å². The molecule has 1 aliphatic heterocycles. The smallest absolute Gasteiger partial charge is 0.0194 e. The average Bonchev–Trinajstić information content (AvgIpc) is 2.09. The molecule has 0 amide bonds. The second kappa shape index (κ2) is 5.30. The molecule has 0 aromatic rings. The van der Waals surface area contributed by atoms with Crippen LogP contribution < -0.4 is 0 Å². The zero-order valence-electron chi connectivity index (χ0n) is 15.9. The number of hydrogen-bond acceptors (Lipinski definition) is 1. The van der Waals surface area contributed by atoms with E-state index >= 15 is 0 Å². The minimum atomic E-state index is 0.232. The van der Waals surface area contributed by atoms with Crippen molar-refractivity contribution in [1.29, 1.82) is 0 Å². The van der Waals surface area contributed by atoms with Crippen molar-refractivity contribution in [3.63, 3.8) is 0 Å². The topological polar surface area (TPSA) is 3.24 Å². The molecule has 0 saturated carbocycles. The van der Waals surface area contributed by atoms with E-state index in [2.05, 4.69) is 74.1 Å². The summed E-state index contributed by atoms with van der Waals surface area (Å²) in [6.45, 7) is 24.2. The van der Waals surface area contributed by atoms with Gasteiger partial charge >= 0.3 is 0 Å². The highest BCUT2D eigenvalue weighted by Gasteiger charge is 2.52. The summed E-state index contributed by atoms with van der Waals surface area (Å²) in [7, 11) is 0. The van der Waals surface area contributed by atoms with E-state index in [-0.39, 0.29) is 11.1 Å². The van der Waals surface area contributed by atoms with Crippen molar-refractivity contribution in [2.45, 2.75) is 112 Å². The Kier molecular flexibility index (Phi) is 4.78. The summed E-state index contributed by atoms with van der Waals surface area (Å²) in [5, 5.41) is 0. The molecule has 1 heteroatoms. The standard InChI is InChI=1S/C19H39N/c1-11-12-19(10)14-15(16(2,3)4)13-18(8,9)20(19)17(5,6)7/h15H,11-14H2,1-10H3/t15?,19-/m1/s1. The number of piperidine rings is 1. The third-order valence-corrected chi connectivity index (χ3v) is 5.26. The summed E-state index contributed by atoms with van der Waals surface area (Å²) in [5.41, 5.74) is 1.25. The van der Waals surface area contributed by atoms with E-state index < -0.39 is 0 Å². The van der Waals surface area contributed by atoms with Gasteiger partial charge in [-0.1, -0.05) is 34.1 Å². The predicted octanol–water partition coefficient (Wildman–Crippen LogP) is 5.88. The largest absolute Gasteiger partial charge is 0.288 e. The lowest BCUT2D eigenvalue weighted by molar-refractivity contribution is -0.134. The van der Waals surface area contributed by atoms with Crippen LogP contribution in [0.1, 0.15) is 94.9 Å². The lowest BCUT2D eigenvalue weighted by atomic mass is 9.62. The fourth-order valence-corrected chi connectivity index (χ4v) is 5.20. The first-order valence-corrected chi connectivity index (χ1v) is 8.54. The first-order valence-electron chi connectivity index (χ1n) is 8.54. The van der Waals surface area contributed by atoms with E-state index in [0.717, 1.165) is 5.92 Å². The van der Waals surface area contributed by atoms with E-state index in [9.17, 15) is 0 Å². The molecule has 1 nitrogen and oxygen atoms in total. The van der Waals surface area contributed by atoms with Crippen molar-refractivity contribution >= 4 is 0 Å². The van der Waals surface area contributed by atoms with Gasteiger partial charge in [-0.25, -0.2) is 0 Å². The maximum absolute atomic E-state index is 2.83. The highest BCUT2D eigenvalue weighted by molar-refractivity contribution is 5.07. The highest BCUT2D eigenvalue weighted by atomic mass is 15.3. The molecule has 0 aromatic heterocycles. The maximum Gasteiger partial charge on any atom is 0.0194 e. The van der Waals surface area contributed by atoms with Gasteiger partial charge in [-0.05, 0) is 72.1 Å². The van der Waals surface area contributed by atoms with Crippen LogP contribution in [0.2, 0.25) is 0 Å². The number of likely N-dealkylation sites (tertiary alicyclic amines) is 1. The SMILES string of the molecule is CCC[C@]1(C)CC(C(C)(C)C)CC(C)(C)N1C(C)(C)C. The minimum absolute atomic E-state index is 0.232. The van der Waals surface area contributed by atoms with Crippen molar-refractivity contribution in [1.82, 2.24) is 4.90 Å². The van der Waals surface area contributed by atoms with Gasteiger partial charge in [0.05, 0.1) is 0 Å². The molecule has 0 spiro atoms. The van der Waals surface area contributed by atoms with Gasteiger partial charge < -0.3 is 0 Å². The van der Waals surface area contributed by atoms with Gasteiger partial charge in [-0.2, -0.15) is 0 Å². The lowest BCUT2D eigenvalue weighted by Gasteiger charge is -2.63. The molecule has 1 unspecified atom stereocenters. The zero-order valence-corrected chi connectivity index (χ0v) is 15.9. The van der Waals surface area contributed by atoms with E-state index in [1.54, 1.807) is 0 Å². The van der Waals surface area contributed by atoms with Crippen LogP contribution in [-0.4, -0.2) is 21.5 Å². The molecule has 1 rings (SSSR count). The summed E-state index contributed by atoms with van der Waals surface area (Å²) >= 11 is 0. The molecule has 0 radical (unpaired) electrons. The van der Waals surface area contributed by atoms with Crippen LogP contribution in [0.25, 0.3) is 0 Å². The van der Waals surface area contributed by atoms with Gasteiger partial charge in [0.1, 0.15) is 0 Å². The van der Waals surface area contributed by atoms with E-state index in [4.69, 9.17) is 0 Å². The maximum atomic E-state index is 2.83. The van der Waals surface area contributed by atoms with Crippen LogP contribution in [0.5, 0.6) is 0 Å². The molecule has 2 atom stereocenters. The molecule has 1 heterocycles. The molecular formula is C19H39N. The Labute approximate surface area is 128 Å². The van der Waals surface area contributed by atoms with Gasteiger partial charge in [-0.3, -0.25) is 4.90 Å². The van der Waals surface area contributed by atoms with Gasteiger partial charge in [0, 0.05) is 16.6 Å². The second-order valence-corrected chi connectivity index (χ2v) is 10.0. The van der Waals surface area contributed by atoms with Crippen molar-refractivity contribution in [3.05, 3.63) is 0 Å². The van der Waals surface area contributed by atoms with Crippen LogP contribution in [0.3, 0.4) is 0 Å². The summed E-state index contributed by atoms with van der Waals surface area (Å²) in [5.74, 6) is 0.813. The first-order chi connectivity index (χ1) is 8.74. The Morgan fingerprint density at radius 1 is 0.950 bits per heavy atom. The quantitative estimate of drug-likeness (QED) is 0.611. The van der Waals surface area contributed by atoms with Crippen LogP contribution >= 0.6 is 0 Å². The summed E-state index contributed by atoms with van der Waals surface area (Å²) in [6, 6.07) is 0. The summed E-state index contributed by atoms with van der Waals surface area (Å²) in [6.07, 6.45) is 5.23. The molecule has 20 heavy (non-hydrogen) atoms. The van der Waals surface area contributed by atoms with Crippen molar-refractivity contribution < 1.29 is 0 Å². The Hall–Kier alpha value is -0.0400. The van der Waals surface area contributed by atoms with E-state index in [1.165, 1.54) is 25.7 Å². The molecule has 120 valence electrons. The van der Waals surface area contributed by atoms with Gasteiger partial charge in [0.25, 0.3) is 0 Å². The molecule has 0 N–H and O–H groups in total. The van der Waals surface area contributed by atoms with Gasteiger partial charge in [-0.15, -0.1) is 0 Å². The Morgan fingerprint density at radius 2 is 1.45 bits per heavy atom. The zero-order chi connectivity index (χ0) is 16.0. The minimum Gasteiger partial charge on any atom is -0.288 e. The Bertz CT molecular complexity index is 329. The second-order valence-electron chi connectivity index (χ2n) is 10.0. The van der Waals surface area contributed by atoms with Gasteiger partial charge in [0.2, 0.25) is 0 Å². The van der Waals surface area contributed by atoms with Crippen molar-refractivity contribution in [2.75, 3.05) is 0 Å². The van der Waals surface area contributed by atoms with Crippen LogP contribution in [0.4, 0.5) is 0 Å². The fourth-order valence-electron chi connectivity index (χ4n) is 5.20. The monoisotopic (exact) mass is 281 g/mol. The van der Waals surface area contributed by atoms with Crippen LogP contribution in [0.15, 0.2) is 0 Å². The lowest BCUT2D eigenvalue weighted by Crippen LogP contribution is -2.68. The highest BCUT2D eigenvalue weighted by Crippen LogP contribution is 2.51. The van der Waals surface area contributed by atoms with Crippen molar-refractivity contribution in [3.8, 4) is 0 Å². The fraction of sp³-hybridized carbons (Fsp3) is 1.00. The molecular weight excluding hydrogens is 242 g/mol. The third kappa shape index (κ3) is 3.59. The summed E-state index contributed by atoms with van der Waals surface area (Å²) < 4.78 is 0. The predicted molar refractivity (Wildman–Crippen MR) is 91.2 cm³/mol. The van der Waals surface area contributed by atoms with Crippen molar-refractivity contribution in [2.24, 2.45) is 11.3 Å². The Morgan fingerprint density at radius 3 is 1.80 bits per heavy atom. The first kappa shape index (κ1) is 18.0. The number of nitrogens with zero attached hydrogens (tertiary/aromatic N) is 1. The molecule has 1 fully saturated rings. The number of rotatable bonds is 2. The van der Waals surface area contributed by atoms with Crippen LogP contribution in [-0.2, 0) is 0 Å².